The first kappa shape index (κ1) is 20.5. The predicted octanol–water partition coefficient (Wildman–Crippen LogP) is 4.98. The molecule has 0 atom stereocenters. The Morgan fingerprint density at radius 3 is 1.41 bits per heavy atom. The van der Waals surface area contributed by atoms with Gasteiger partial charge in [-0.15, -0.1) is 0 Å². The molecule has 7 heteroatoms. The van der Waals surface area contributed by atoms with Crippen LogP contribution in [0.15, 0.2) is 85.2 Å². The summed E-state index contributed by atoms with van der Waals surface area (Å²) in [5.74, 6) is 0. The quantitative estimate of drug-likeness (QED) is 0.354. The maximum absolute atomic E-state index is 9.75. The molecule has 2 aromatic carbocycles. The highest BCUT2D eigenvalue weighted by Crippen LogP contribution is 2.21. The normalized spacial score (nSPS) is 10.9. The van der Waals surface area contributed by atoms with Crippen molar-refractivity contribution in [3.05, 3.63) is 96.3 Å². The van der Waals surface area contributed by atoms with E-state index in [9.17, 15) is 17.3 Å². The smallest absolute Gasteiger partial charge is 0.418 e. The number of hydrogen-bond acceptors (Lipinski definition) is 1. The van der Waals surface area contributed by atoms with E-state index >= 15 is 0 Å². The van der Waals surface area contributed by atoms with Gasteiger partial charge in [-0.05, 0) is 0 Å². The van der Waals surface area contributed by atoms with E-state index in [0.29, 0.717) is 0 Å². The summed E-state index contributed by atoms with van der Waals surface area (Å²) in [6.07, 6.45) is 4.31. The van der Waals surface area contributed by atoms with Crippen LogP contribution in [0, 0.1) is 0 Å². The van der Waals surface area contributed by atoms with Crippen molar-refractivity contribution in [3.8, 4) is 0 Å². The number of rotatable bonds is 4. The lowest BCUT2D eigenvalue weighted by molar-refractivity contribution is -0.704. The lowest BCUT2D eigenvalue weighted by Crippen LogP contribution is -2.40. The number of anilines is 1. The van der Waals surface area contributed by atoms with Gasteiger partial charge in [-0.1, -0.05) is 60.7 Å². The first-order valence-electron chi connectivity index (χ1n) is 8.41. The summed E-state index contributed by atoms with van der Waals surface area (Å²) in [5.41, 5.74) is 3.78. The largest absolute Gasteiger partial charge is 0.673 e. The lowest BCUT2D eigenvalue weighted by Gasteiger charge is -2.15. The van der Waals surface area contributed by atoms with E-state index in [2.05, 4.69) is 109 Å². The summed E-state index contributed by atoms with van der Waals surface area (Å²) in [4.78, 5) is 2.12. The standard InChI is InChI=1S/C20H21N2.BF4/c1-21(2)19-13-15-22(16-14-19)20(17-9-5-3-6-10-17)18-11-7-4-8-12-18;2-1(3,4)5/h3-16,20H,1-2H3;/q+1;-1. The number of benzene rings is 2. The van der Waals surface area contributed by atoms with E-state index in [0.717, 1.165) is 0 Å². The van der Waals surface area contributed by atoms with Crippen molar-refractivity contribution in [1.29, 1.82) is 0 Å². The minimum Gasteiger partial charge on any atom is -0.418 e. The molecule has 2 nitrogen and oxygen atoms in total. The highest BCUT2D eigenvalue weighted by Gasteiger charge is 2.23. The maximum atomic E-state index is 9.75. The third kappa shape index (κ3) is 6.77. The Bertz CT molecular complexity index is 761. The van der Waals surface area contributed by atoms with E-state index in [1.165, 1.54) is 16.8 Å². The molecule has 1 aromatic heterocycles. The van der Waals surface area contributed by atoms with Crippen LogP contribution in [0.5, 0.6) is 0 Å². The molecule has 0 unspecified atom stereocenters. The molecule has 0 aliphatic rings. The second-order valence-electron chi connectivity index (χ2n) is 6.12. The molecule has 0 N–H and O–H groups in total. The fourth-order valence-corrected chi connectivity index (χ4v) is 2.71. The molecule has 0 saturated heterocycles. The Morgan fingerprint density at radius 2 is 1.07 bits per heavy atom. The Hall–Kier alpha value is -2.83. The Balaban J connectivity index is 0.000000465. The summed E-state index contributed by atoms with van der Waals surface area (Å²) >= 11 is 0. The molecular weight excluding hydrogens is 355 g/mol. The maximum Gasteiger partial charge on any atom is 0.673 e. The zero-order chi connectivity index (χ0) is 19.9. The van der Waals surface area contributed by atoms with Gasteiger partial charge in [0.2, 0.25) is 6.04 Å². The Labute approximate surface area is 156 Å². The molecule has 0 radical (unpaired) electrons. The number of aromatic nitrogens is 1. The molecule has 3 rings (SSSR count). The van der Waals surface area contributed by atoms with Gasteiger partial charge in [-0.2, -0.15) is 4.57 Å². The summed E-state index contributed by atoms with van der Waals surface area (Å²) < 4.78 is 41.3. The van der Waals surface area contributed by atoms with Crippen molar-refractivity contribution in [2.75, 3.05) is 19.0 Å². The second-order valence-corrected chi connectivity index (χ2v) is 6.12. The molecule has 142 valence electrons. The van der Waals surface area contributed by atoms with E-state index in [1.807, 2.05) is 0 Å². The van der Waals surface area contributed by atoms with Crippen LogP contribution in [0.1, 0.15) is 17.2 Å². The fraction of sp³-hybridized carbons (Fsp3) is 0.150. The molecular formula is C20H21BF4N2. The SMILES string of the molecule is CN(C)c1cc[n+](C(c2ccccc2)c2ccccc2)cc1.F[B-](F)(F)F. The third-order valence-corrected chi connectivity index (χ3v) is 3.88. The highest BCUT2D eigenvalue weighted by atomic mass is 19.5. The summed E-state index contributed by atoms with van der Waals surface area (Å²) in [5, 5.41) is 0. The van der Waals surface area contributed by atoms with Crippen molar-refractivity contribution < 1.29 is 21.8 Å². The van der Waals surface area contributed by atoms with Crippen LogP contribution in [0.2, 0.25) is 0 Å². The van der Waals surface area contributed by atoms with Crippen molar-refractivity contribution >= 4 is 12.9 Å². The van der Waals surface area contributed by atoms with Crippen molar-refractivity contribution in [3.63, 3.8) is 0 Å². The van der Waals surface area contributed by atoms with E-state index in [4.69, 9.17) is 0 Å². The van der Waals surface area contributed by atoms with Gasteiger partial charge in [0.05, 0.1) is 0 Å². The average molecular weight is 376 g/mol. The third-order valence-electron chi connectivity index (χ3n) is 3.88. The van der Waals surface area contributed by atoms with Gasteiger partial charge < -0.3 is 22.2 Å². The summed E-state index contributed by atoms with van der Waals surface area (Å²) in [6, 6.07) is 25.7. The first-order chi connectivity index (χ1) is 12.8. The second kappa shape index (κ2) is 9.21. The van der Waals surface area contributed by atoms with E-state index in [1.54, 1.807) is 0 Å². The van der Waals surface area contributed by atoms with Crippen molar-refractivity contribution in [2.45, 2.75) is 6.04 Å². The van der Waals surface area contributed by atoms with Crippen LogP contribution in [0.25, 0.3) is 0 Å². The molecule has 0 fully saturated rings. The predicted molar refractivity (Wildman–Crippen MR) is 101 cm³/mol. The molecule has 0 amide bonds. The Morgan fingerprint density at radius 1 is 0.704 bits per heavy atom. The van der Waals surface area contributed by atoms with Gasteiger partial charge in [-0.25, -0.2) is 0 Å². The molecule has 0 aliphatic heterocycles. The number of hydrogen-bond donors (Lipinski definition) is 0. The van der Waals surface area contributed by atoms with Crippen molar-refractivity contribution in [2.24, 2.45) is 0 Å². The molecule has 3 aromatic rings. The monoisotopic (exact) mass is 376 g/mol. The van der Waals surface area contributed by atoms with Crippen LogP contribution < -0.4 is 9.47 Å². The number of halogens is 4. The molecule has 0 aliphatic carbocycles. The Kier molecular flexibility index (Phi) is 6.99. The van der Waals surface area contributed by atoms with Gasteiger partial charge in [0.15, 0.2) is 12.4 Å². The molecule has 0 spiro atoms. The van der Waals surface area contributed by atoms with E-state index in [-0.39, 0.29) is 6.04 Å². The molecule has 0 saturated carbocycles. The first-order valence-corrected chi connectivity index (χ1v) is 8.41. The van der Waals surface area contributed by atoms with Crippen LogP contribution in [-0.2, 0) is 0 Å². The van der Waals surface area contributed by atoms with Gasteiger partial charge >= 0.3 is 7.25 Å². The molecule has 0 bridgehead atoms. The summed E-state index contributed by atoms with van der Waals surface area (Å²) in [6.45, 7) is 0. The minimum absolute atomic E-state index is 0.193. The summed E-state index contributed by atoms with van der Waals surface area (Å²) in [7, 11) is -1.88. The van der Waals surface area contributed by atoms with Gasteiger partial charge in [-0.3, -0.25) is 0 Å². The van der Waals surface area contributed by atoms with Crippen molar-refractivity contribution in [1.82, 2.24) is 0 Å². The van der Waals surface area contributed by atoms with Crippen LogP contribution in [0.4, 0.5) is 23.0 Å². The van der Waals surface area contributed by atoms with Gasteiger partial charge in [0.1, 0.15) is 0 Å². The topological polar surface area (TPSA) is 7.12 Å². The van der Waals surface area contributed by atoms with Gasteiger partial charge in [0.25, 0.3) is 0 Å². The molecule has 27 heavy (non-hydrogen) atoms. The lowest BCUT2D eigenvalue weighted by atomic mass is 9.98. The zero-order valence-electron chi connectivity index (χ0n) is 15.1. The van der Waals surface area contributed by atoms with Crippen LogP contribution >= 0.6 is 0 Å². The van der Waals surface area contributed by atoms with Crippen LogP contribution in [0.3, 0.4) is 0 Å². The van der Waals surface area contributed by atoms with Gasteiger partial charge in [0, 0.05) is 43.0 Å². The van der Waals surface area contributed by atoms with Crippen LogP contribution in [-0.4, -0.2) is 21.3 Å². The average Bonchev–Trinajstić information content (AvgIpc) is 2.63. The number of pyridine rings is 1. The molecule has 1 heterocycles. The fourth-order valence-electron chi connectivity index (χ4n) is 2.71. The zero-order valence-corrected chi connectivity index (χ0v) is 15.1. The van der Waals surface area contributed by atoms with E-state index < -0.39 is 7.25 Å². The minimum atomic E-state index is -6.00. The highest BCUT2D eigenvalue weighted by molar-refractivity contribution is 6.50. The number of nitrogens with zero attached hydrogens (tertiary/aromatic N) is 2.